The van der Waals surface area contributed by atoms with E-state index < -0.39 is 56.4 Å². The third kappa shape index (κ3) is 21.1. The van der Waals surface area contributed by atoms with Crippen molar-refractivity contribution in [3.8, 4) is 17.2 Å². The number of carbonyl (C=O) groups excluding carboxylic acids is 4. The average molecular weight is 1240 g/mol. The SMILES string of the molecule is CCC(C)C.CCCC(C)C.COc1ccc(C(O)(c2ccc(CCC(=O)ON3C(=O)CC(S(=O)(=O)[O-])C3=O)cc2)c2ccc(OC)cc2)cc1.Cc1ccc(C2(O)c3ccccc3Sc3cc(OCCCCCC(=O)OC(C)(C)C)ccc32)cc1.[Na+]. The van der Waals surface area contributed by atoms with Gasteiger partial charge in [0.15, 0.2) is 0 Å². The second-order valence-corrected chi connectivity index (χ2v) is 25.7. The van der Waals surface area contributed by atoms with E-state index in [1.54, 1.807) is 98.8 Å². The van der Waals surface area contributed by atoms with Crippen LogP contribution >= 0.6 is 11.8 Å². The molecule has 2 aliphatic rings. The van der Waals surface area contributed by atoms with Crippen LogP contribution in [-0.2, 0) is 56.5 Å². The molecule has 0 radical (unpaired) electrons. The fourth-order valence-corrected chi connectivity index (χ4v) is 11.2. The van der Waals surface area contributed by atoms with E-state index in [0.717, 1.165) is 68.9 Å². The minimum atomic E-state index is -5.06. The molecule has 1 saturated heterocycles. The van der Waals surface area contributed by atoms with E-state index >= 15 is 0 Å². The van der Waals surface area contributed by atoms with Crippen LogP contribution in [0.3, 0.4) is 0 Å². The van der Waals surface area contributed by atoms with Gasteiger partial charge in [-0.15, -0.1) is 5.06 Å². The number of hydrogen-bond acceptors (Lipinski definition) is 15. The summed E-state index contributed by atoms with van der Waals surface area (Å²) in [5.41, 5.74) is 3.02. The Morgan fingerprint density at radius 1 is 0.713 bits per heavy atom. The monoisotopic (exact) mass is 1240 g/mol. The molecule has 8 rings (SSSR count). The summed E-state index contributed by atoms with van der Waals surface area (Å²) in [6.07, 6.45) is 6.04. The average Bonchev–Trinajstić information content (AvgIpc) is 1.49. The Morgan fingerprint density at radius 2 is 1.24 bits per heavy atom. The largest absolute Gasteiger partial charge is 1.00 e. The Labute approximate surface area is 541 Å². The number of amides is 2. The quantitative estimate of drug-likeness (QED) is 0.0171. The van der Waals surface area contributed by atoms with E-state index in [4.69, 9.17) is 23.8 Å². The third-order valence-corrected chi connectivity index (χ3v) is 16.5. The Hall–Kier alpha value is -6.02. The number of hydroxylamine groups is 2. The standard InChI is InChI=1S/C30H34O4S.C28H27NO10S.C6H14.C5H12.Na/c1-21-13-15-22(16-14-21)30(32)24-10-7-8-11-26(24)35-27-20-23(17-18-25(27)30)33-19-9-5-6-12-28(31)34-29(2,3)4;1-37-22-12-8-20(9-13-22)28(33,21-10-14-23(38-2)15-11-21)19-6-3-18(4-7-19)5-16-26(31)39-29-25(30)17-24(27(29)32)40(34,35)36;1-4-5-6(2)3;1-4-5(2)3;/h7-8,10-11,13-18,20,32H,5-6,9,12,19H2,1-4H3;3-4,6-15,24,33H,5,16-17H2,1-2H3,(H,34,35,36);6H,4-5H2,1-3H3;5H,4H2,1-3H3;/q;;;;+1/p-1. The van der Waals surface area contributed by atoms with Crippen molar-refractivity contribution in [1.82, 2.24) is 5.06 Å². The molecule has 1 fully saturated rings. The molecule has 0 spiro atoms. The molecule has 6 aromatic carbocycles. The predicted octanol–water partition coefficient (Wildman–Crippen LogP) is 10.6. The van der Waals surface area contributed by atoms with Crippen LogP contribution in [-0.4, -0.2) is 83.7 Å². The Kier molecular flexibility index (Phi) is 28.8. The number of esters is 1. The summed E-state index contributed by atoms with van der Waals surface area (Å²) in [6.45, 7) is 21.7. The first-order chi connectivity index (χ1) is 40.7. The molecule has 2 heterocycles. The molecule has 15 nitrogen and oxygen atoms in total. The van der Waals surface area contributed by atoms with Crippen molar-refractivity contribution in [2.45, 2.75) is 165 Å². The smallest absolute Gasteiger partial charge is 0.747 e. The number of methoxy groups -OCH3 is 2. The number of nitrogens with zero attached hydrogens (tertiary/aromatic N) is 1. The zero-order valence-electron chi connectivity index (χ0n) is 52.8. The van der Waals surface area contributed by atoms with Crippen LogP contribution in [0, 0.1) is 18.8 Å². The first-order valence-electron chi connectivity index (χ1n) is 29.4. The van der Waals surface area contributed by atoms with Gasteiger partial charge in [0, 0.05) is 27.3 Å². The van der Waals surface area contributed by atoms with Gasteiger partial charge in [-0.2, -0.15) is 0 Å². The van der Waals surface area contributed by atoms with Gasteiger partial charge in [0.1, 0.15) is 49.4 Å². The molecule has 18 heteroatoms. The molecule has 2 aliphatic heterocycles. The third-order valence-electron chi connectivity index (χ3n) is 14.3. The molecular formula is C69H86NNaO14S2. The van der Waals surface area contributed by atoms with E-state index in [9.17, 15) is 42.4 Å². The fraction of sp³-hybridized carbons (Fsp3) is 0.420. The summed E-state index contributed by atoms with van der Waals surface area (Å²) in [5, 5.41) is 22.1. The zero-order valence-corrected chi connectivity index (χ0v) is 56.5. The van der Waals surface area contributed by atoms with Crippen molar-refractivity contribution in [1.29, 1.82) is 0 Å². The molecular weight excluding hydrogens is 1150 g/mol. The fourth-order valence-electron chi connectivity index (χ4n) is 9.28. The van der Waals surface area contributed by atoms with E-state index in [-0.39, 0.29) is 53.4 Å². The number of fused-ring (bicyclic) bond motifs is 2. The van der Waals surface area contributed by atoms with Crippen molar-refractivity contribution >= 4 is 45.6 Å². The molecule has 0 bridgehead atoms. The summed E-state index contributed by atoms with van der Waals surface area (Å²) < 4.78 is 55.3. The van der Waals surface area contributed by atoms with Gasteiger partial charge in [-0.3, -0.25) is 14.4 Å². The number of benzene rings is 6. The number of carbonyl (C=O) groups is 4. The minimum Gasteiger partial charge on any atom is -0.747 e. The topological polar surface area (TPSA) is 215 Å². The number of imide groups is 1. The van der Waals surface area contributed by atoms with E-state index in [1.165, 1.54) is 19.3 Å². The molecule has 0 aromatic heterocycles. The van der Waals surface area contributed by atoms with Gasteiger partial charge in [0.2, 0.25) is 0 Å². The van der Waals surface area contributed by atoms with Gasteiger partial charge in [0.05, 0.1) is 33.7 Å². The van der Waals surface area contributed by atoms with Crippen LogP contribution in [0.25, 0.3) is 0 Å². The number of hydrogen-bond donors (Lipinski definition) is 2. The van der Waals surface area contributed by atoms with Gasteiger partial charge in [-0.25, -0.2) is 13.2 Å². The number of unbranched alkanes of at least 4 members (excludes halogenated alkanes) is 2. The van der Waals surface area contributed by atoms with Crippen LogP contribution in [0.5, 0.6) is 17.2 Å². The molecule has 2 atom stereocenters. The second-order valence-electron chi connectivity index (χ2n) is 23.1. The number of aryl methyl sites for hydroxylation is 2. The molecule has 0 saturated carbocycles. The van der Waals surface area contributed by atoms with Crippen LogP contribution in [0.1, 0.15) is 165 Å². The summed E-state index contributed by atoms with van der Waals surface area (Å²) in [6, 6.07) is 43.0. The van der Waals surface area contributed by atoms with Gasteiger partial charge in [0.25, 0.3) is 11.8 Å². The van der Waals surface area contributed by atoms with E-state index in [2.05, 4.69) is 47.6 Å². The van der Waals surface area contributed by atoms with E-state index in [1.807, 2.05) is 88.4 Å². The van der Waals surface area contributed by atoms with Gasteiger partial charge < -0.3 is 38.6 Å². The minimum absolute atomic E-state index is 0. The summed E-state index contributed by atoms with van der Waals surface area (Å²) >= 11 is 1.66. The maximum atomic E-state index is 12.3. The van der Waals surface area contributed by atoms with Gasteiger partial charge in [-0.1, -0.05) is 175 Å². The molecule has 6 aromatic rings. The van der Waals surface area contributed by atoms with Crippen molar-refractivity contribution < 1.29 is 95.7 Å². The number of rotatable bonds is 21. The molecule has 464 valence electrons. The normalized spacial score (nSPS) is 15.2. The molecule has 2 unspecified atom stereocenters. The van der Waals surface area contributed by atoms with Crippen LogP contribution in [0.15, 0.2) is 149 Å². The summed E-state index contributed by atoms with van der Waals surface area (Å²) in [5.74, 6) is 0.266. The van der Waals surface area contributed by atoms with Gasteiger partial charge in [-0.05, 0) is 135 Å². The van der Waals surface area contributed by atoms with Crippen molar-refractivity contribution in [2.24, 2.45) is 11.8 Å². The molecule has 2 amide bonds. The Bertz CT molecular complexity index is 3230. The summed E-state index contributed by atoms with van der Waals surface area (Å²) in [7, 11) is -1.96. The maximum absolute atomic E-state index is 12.3. The van der Waals surface area contributed by atoms with Gasteiger partial charge >= 0.3 is 41.5 Å². The molecule has 87 heavy (non-hydrogen) atoms. The van der Waals surface area contributed by atoms with Crippen molar-refractivity contribution in [3.63, 3.8) is 0 Å². The van der Waals surface area contributed by atoms with Crippen LogP contribution in [0.4, 0.5) is 0 Å². The zero-order chi connectivity index (χ0) is 63.4. The van der Waals surface area contributed by atoms with Crippen LogP contribution in [0.2, 0.25) is 0 Å². The van der Waals surface area contributed by atoms with Crippen molar-refractivity contribution in [2.75, 3.05) is 20.8 Å². The maximum Gasteiger partial charge on any atom is 1.00 e. The number of ether oxygens (including phenoxy) is 4. The second kappa shape index (κ2) is 34.1. The van der Waals surface area contributed by atoms with E-state index in [0.29, 0.717) is 46.8 Å². The Morgan fingerprint density at radius 3 is 1.72 bits per heavy atom. The Balaban J connectivity index is 0.000000316. The molecule has 2 N–H and O–H groups in total. The molecule has 0 aliphatic carbocycles. The van der Waals surface area contributed by atoms with Crippen molar-refractivity contribution in [3.05, 3.63) is 184 Å². The first kappa shape index (κ1) is 73.4. The first-order valence-corrected chi connectivity index (χ1v) is 31.7. The number of aliphatic hydroxyl groups is 2. The predicted molar refractivity (Wildman–Crippen MR) is 334 cm³/mol. The summed E-state index contributed by atoms with van der Waals surface area (Å²) in [4.78, 5) is 54.8. The van der Waals surface area contributed by atoms with Crippen LogP contribution < -0.4 is 43.8 Å².